The fourth-order valence-corrected chi connectivity index (χ4v) is 7.57. The summed E-state index contributed by atoms with van der Waals surface area (Å²) >= 11 is 0. The van der Waals surface area contributed by atoms with Crippen LogP contribution in [0, 0.1) is 28.6 Å². The summed E-state index contributed by atoms with van der Waals surface area (Å²) in [7, 11) is 0. The Morgan fingerprint density at radius 3 is 2.66 bits per heavy atom. The molecule has 4 aliphatic rings. The molecule has 4 rings (SSSR count). The van der Waals surface area contributed by atoms with Crippen LogP contribution in [0.25, 0.3) is 0 Å². The van der Waals surface area contributed by atoms with Gasteiger partial charge in [0.05, 0.1) is 11.8 Å². The first-order chi connectivity index (χ1) is 16.5. The van der Waals surface area contributed by atoms with Crippen LogP contribution in [-0.2, 0) is 19.2 Å². The lowest BCUT2D eigenvalue weighted by molar-refractivity contribution is -0.142. The van der Waals surface area contributed by atoms with Gasteiger partial charge in [-0.05, 0) is 92.4 Å². The Balaban J connectivity index is 1.35. The number of hydrogen-bond donors (Lipinski definition) is 4. The van der Waals surface area contributed by atoms with Crippen molar-refractivity contribution in [3.8, 4) is 0 Å². The molecule has 2 amide bonds. The average molecular weight is 490 g/mol. The van der Waals surface area contributed by atoms with E-state index in [1.54, 1.807) is 0 Å². The van der Waals surface area contributed by atoms with Crippen LogP contribution < -0.4 is 11.1 Å². The fourth-order valence-electron chi connectivity index (χ4n) is 7.57. The Hall–Kier alpha value is -2.42. The number of fused-ring (bicyclic) bond motifs is 5. The third kappa shape index (κ3) is 4.97. The highest BCUT2D eigenvalue weighted by molar-refractivity contribution is 5.96. The van der Waals surface area contributed by atoms with Crippen molar-refractivity contribution in [1.82, 2.24) is 5.32 Å². The summed E-state index contributed by atoms with van der Waals surface area (Å²) < 4.78 is 0. The monoisotopic (exact) mass is 489 g/mol. The topological polar surface area (TPSA) is 151 Å². The number of aliphatic carboxylic acids is 1. The Morgan fingerprint density at radius 1 is 1.17 bits per heavy atom. The summed E-state index contributed by atoms with van der Waals surface area (Å²) in [4.78, 5) is 39.5. The summed E-state index contributed by atoms with van der Waals surface area (Å²) in [6.45, 7) is 4.30. The minimum absolute atomic E-state index is 0.0727. The van der Waals surface area contributed by atoms with Gasteiger partial charge < -0.3 is 26.1 Å². The average Bonchev–Trinajstić information content (AvgIpc) is 3.11. The first-order valence-corrected chi connectivity index (χ1v) is 12.9. The number of carboxylic acids is 1. The first-order valence-electron chi connectivity index (χ1n) is 12.9. The van der Waals surface area contributed by atoms with Gasteiger partial charge in [-0.25, -0.2) is 4.79 Å². The molecule has 0 aromatic rings. The molecule has 194 valence electrons. The Labute approximate surface area is 206 Å². The summed E-state index contributed by atoms with van der Waals surface area (Å²) in [5.74, 6) is -0.542. The largest absolute Gasteiger partial charge is 0.480 e. The molecule has 0 aliphatic heterocycles. The Bertz CT molecular complexity index is 932. The number of nitrogens with zero attached hydrogens (tertiary/aromatic N) is 1. The maximum Gasteiger partial charge on any atom is 0.326 e. The molecule has 9 nitrogen and oxygen atoms in total. The van der Waals surface area contributed by atoms with Crippen molar-refractivity contribution in [2.45, 2.75) is 90.2 Å². The van der Waals surface area contributed by atoms with E-state index < -0.39 is 30.4 Å². The summed E-state index contributed by atoms with van der Waals surface area (Å²) in [5, 5.41) is 26.4. The van der Waals surface area contributed by atoms with E-state index >= 15 is 0 Å². The van der Waals surface area contributed by atoms with Gasteiger partial charge in [0.25, 0.3) is 5.91 Å². The van der Waals surface area contributed by atoms with Gasteiger partial charge in [0.2, 0.25) is 5.91 Å². The normalized spacial score (nSPS) is 37.9. The number of aliphatic hydroxyl groups is 1. The van der Waals surface area contributed by atoms with Crippen LogP contribution >= 0.6 is 0 Å². The fraction of sp³-hybridized carbons (Fsp3) is 0.769. The third-order valence-corrected chi connectivity index (χ3v) is 9.62. The highest BCUT2D eigenvalue weighted by Gasteiger charge is 2.58. The number of carboxylic acid groups (broad SMARTS) is 1. The van der Waals surface area contributed by atoms with E-state index in [9.17, 15) is 24.6 Å². The molecule has 3 saturated carbocycles. The van der Waals surface area contributed by atoms with E-state index in [1.807, 2.05) is 0 Å². The summed E-state index contributed by atoms with van der Waals surface area (Å²) in [6, 6.07) is -1.20. The van der Waals surface area contributed by atoms with E-state index in [0.717, 1.165) is 57.1 Å². The van der Waals surface area contributed by atoms with Gasteiger partial charge in [-0.2, -0.15) is 0 Å². The molecule has 0 bridgehead atoms. The number of carbonyl (C=O) groups is 3. The first kappa shape index (κ1) is 25.7. The van der Waals surface area contributed by atoms with Crippen molar-refractivity contribution in [2.24, 2.45) is 39.5 Å². The molecule has 0 radical (unpaired) electrons. The molecule has 35 heavy (non-hydrogen) atoms. The predicted molar refractivity (Wildman–Crippen MR) is 129 cm³/mol. The van der Waals surface area contributed by atoms with E-state index in [2.05, 4.69) is 30.4 Å². The van der Waals surface area contributed by atoms with Gasteiger partial charge in [-0.1, -0.05) is 24.6 Å². The molecule has 0 aromatic carbocycles. The molecule has 0 unspecified atom stereocenters. The lowest BCUT2D eigenvalue weighted by Crippen LogP contribution is -2.51. The van der Waals surface area contributed by atoms with Crippen molar-refractivity contribution in [3.05, 3.63) is 11.6 Å². The molecule has 0 heterocycles. The van der Waals surface area contributed by atoms with Gasteiger partial charge >= 0.3 is 5.97 Å². The molecule has 5 N–H and O–H groups in total. The number of nitrogens with two attached hydrogens (primary N) is 1. The molecular formula is C26H39N3O6. The van der Waals surface area contributed by atoms with Gasteiger partial charge in [0.15, 0.2) is 6.61 Å². The highest BCUT2D eigenvalue weighted by Crippen LogP contribution is 2.65. The van der Waals surface area contributed by atoms with Crippen molar-refractivity contribution in [3.63, 3.8) is 0 Å². The van der Waals surface area contributed by atoms with E-state index in [-0.39, 0.29) is 29.8 Å². The van der Waals surface area contributed by atoms with Crippen LogP contribution in [0.5, 0.6) is 0 Å². The maximum atomic E-state index is 12.1. The minimum atomic E-state index is -1.23. The quantitative estimate of drug-likeness (QED) is 0.385. The molecular weight excluding hydrogens is 450 g/mol. The number of nitrogens with one attached hydrogen (secondary N) is 1. The second-order valence-electron chi connectivity index (χ2n) is 11.5. The van der Waals surface area contributed by atoms with Gasteiger partial charge in [0.1, 0.15) is 6.04 Å². The Kier molecular flexibility index (Phi) is 7.27. The number of allylic oxidation sites excluding steroid dienone is 2. The van der Waals surface area contributed by atoms with Crippen molar-refractivity contribution in [2.75, 3.05) is 6.61 Å². The number of amides is 2. The standard InChI is InChI=1S/C26H39N3O6/c1-25-11-9-16(29-35-14-23(32)28-20(24(33)34)6-8-22(27)31)13-15(25)3-4-17-18-5-7-21(30)26(18,2)12-10-19(17)25/h13,17-21,30H,3-12,14H2,1-2H3,(H2,27,31)(H,28,32)(H,33,34)/b29-16+/t17-,18-,19-,20-,21-,25-,26-/m0/s1. The van der Waals surface area contributed by atoms with Crippen LogP contribution in [0.2, 0.25) is 0 Å². The zero-order valence-electron chi connectivity index (χ0n) is 20.8. The molecule has 3 fully saturated rings. The lowest BCUT2D eigenvalue weighted by atomic mass is 9.47. The van der Waals surface area contributed by atoms with Crippen LogP contribution in [0.3, 0.4) is 0 Å². The lowest BCUT2D eigenvalue weighted by Gasteiger charge is -2.57. The van der Waals surface area contributed by atoms with E-state index in [1.165, 1.54) is 5.57 Å². The zero-order valence-corrected chi connectivity index (χ0v) is 20.8. The number of oxime groups is 1. The number of primary amides is 1. The molecule has 0 saturated heterocycles. The summed E-state index contributed by atoms with van der Waals surface area (Å²) in [6.07, 6.45) is 10.1. The predicted octanol–water partition coefficient (Wildman–Crippen LogP) is 2.52. The van der Waals surface area contributed by atoms with Crippen LogP contribution in [0.4, 0.5) is 0 Å². The summed E-state index contributed by atoms with van der Waals surface area (Å²) in [5.41, 5.74) is 7.50. The molecule has 0 spiro atoms. The maximum absolute atomic E-state index is 12.1. The van der Waals surface area contributed by atoms with Crippen LogP contribution in [0.1, 0.15) is 78.1 Å². The molecule has 4 aliphatic carbocycles. The van der Waals surface area contributed by atoms with Crippen LogP contribution in [-0.4, -0.2) is 52.5 Å². The zero-order chi connectivity index (χ0) is 25.4. The van der Waals surface area contributed by atoms with Crippen molar-refractivity contribution < 1.29 is 29.4 Å². The molecule has 9 heteroatoms. The molecule has 0 aromatic heterocycles. The second kappa shape index (κ2) is 9.91. The van der Waals surface area contributed by atoms with Gasteiger partial charge in [0, 0.05) is 6.42 Å². The third-order valence-electron chi connectivity index (χ3n) is 9.62. The SMILES string of the molecule is C[C@]12CC[C@H]3[C@@H](CCC4=C/C(=N/OCC(=O)N[C@@H](CCC(N)=O)C(=O)O)CC[C@@]43C)[C@@H]1CC[C@@H]2O. The number of rotatable bonds is 8. The molecule has 7 atom stereocenters. The van der Waals surface area contributed by atoms with Crippen molar-refractivity contribution >= 4 is 23.5 Å². The van der Waals surface area contributed by atoms with E-state index in [4.69, 9.17) is 10.6 Å². The second-order valence-corrected chi connectivity index (χ2v) is 11.5. The smallest absolute Gasteiger partial charge is 0.326 e. The number of aliphatic hydroxyl groups excluding tert-OH is 1. The van der Waals surface area contributed by atoms with E-state index in [0.29, 0.717) is 17.8 Å². The Morgan fingerprint density at radius 2 is 1.94 bits per heavy atom. The van der Waals surface area contributed by atoms with Crippen LogP contribution in [0.15, 0.2) is 16.8 Å². The number of carbonyl (C=O) groups excluding carboxylic acids is 2. The number of hydrogen-bond acceptors (Lipinski definition) is 6. The highest BCUT2D eigenvalue weighted by atomic mass is 16.6. The van der Waals surface area contributed by atoms with Crippen molar-refractivity contribution in [1.29, 1.82) is 0 Å². The van der Waals surface area contributed by atoms with Gasteiger partial charge in [-0.3, -0.25) is 9.59 Å². The minimum Gasteiger partial charge on any atom is -0.480 e. The van der Waals surface area contributed by atoms with Gasteiger partial charge in [-0.15, -0.1) is 0 Å².